The molecule has 3 aromatic carbocycles. The predicted molar refractivity (Wildman–Crippen MR) is 122 cm³/mol. The van der Waals surface area contributed by atoms with Gasteiger partial charge in [-0.25, -0.2) is 8.78 Å². The van der Waals surface area contributed by atoms with Gasteiger partial charge >= 0.3 is 0 Å². The average Bonchev–Trinajstić information content (AvgIpc) is 3.07. The lowest BCUT2D eigenvalue weighted by atomic mass is 9.73. The van der Waals surface area contributed by atoms with E-state index < -0.39 is 40.9 Å². The van der Waals surface area contributed by atoms with Crippen LogP contribution in [0.2, 0.25) is 5.02 Å². The van der Waals surface area contributed by atoms with Gasteiger partial charge in [-0.1, -0.05) is 41.9 Å². The van der Waals surface area contributed by atoms with Crippen molar-refractivity contribution in [3.05, 3.63) is 94.0 Å². The van der Waals surface area contributed by atoms with Crippen LogP contribution in [-0.4, -0.2) is 28.9 Å². The van der Waals surface area contributed by atoms with Gasteiger partial charge in [0.15, 0.2) is 11.6 Å². The van der Waals surface area contributed by atoms with E-state index in [1.165, 1.54) is 4.90 Å². The van der Waals surface area contributed by atoms with E-state index in [-0.39, 0.29) is 23.8 Å². The molecule has 1 fully saturated rings. The number of benzene rings is 3. The van der Waals surface area contributed by atoms with E-state index in [9.17, 15) is 18.4 Å². The minimum atomic E-state index is -1.37. The van der Waals surface area contributed by atoms with Crippen LogP contribution in [0.1, 0.15) is 40.4 Å². The number of hydrogen-bond acceptors (Lipinski definition) is 3. The van der Waals surface area contributed by atoms with E-state index in [0.717, 1.165) is 17.7 Å². The number of hydrogen-bond donors (Lipinski definition) is 1. The Labute approximate surface area is 199 Å². The first kappa shape index (κ1) is 21.1. The van der Waals surface area contributed by atoms with Crippen LogP contribution in [0, 0.1) is 17.6 Å². The topological polar surface area (TPSA) is 58.6 Å². The molecule has 0 bridgehead atoms. The molecule has 0 unspecified atom stereocenters. The third-order valence-electron chi connectivity index (χ3n) is 7.32. The number of halogens is 3. The fourth-order valence-electron chi connectivity index (χ4n) is 5.88. The first-order chi connectivity index (χ1) is 16.3. The molecule has 5 nitrogen and oxygen atoms in total. The normalized spacial score (nSPS) is 27.1. The molecule has 0 spiro atoms. The largest absolute Gasteiger partial charge is 0.493 e. The van der Waals surface area contributed by atoms with E-state index in [2.05, 4.69) is 5.32 Å². The Morgan fingerprint density at radius 2 is 1.79 bits per heavy atom. The van der Waals surface area contributed by atoms with Crippen LogP contribution in [0.3, 0.4) is 0 Å². The van der Waals surface area contributed by atoms with Crippen LogP contribution in [0.15, 0.2) is 60.7 Å². The zero-order valence-corrected chi connectivity index (χ0v) is 18.8. The second-order valence-corrected chi connectivity index (χ2v) is 9.52. The van der Waals surface area contributed by atoms with Crippen LogP contribution in [0.4, 0.5) is 14.5 Å². The summed E-state index contributed by atoms with van der Waals surface area (Å²) in [6.07, 6.45) is 0. The Hall–Kier alpha value is -3.45. The van der Waals surface area contributed by atoms with Crippen LogP contribution in [0.25, 0.3) is 0 Å². The summed E-state index contributed by atoms with van der Waals surface area (Å²) in [5.74, 6) is -3.48. The second-order valence-electron chi connectivity index (χ2n) is 9.08. The van der Waals surface area contributed by atoms with Crippen LogP contribution < -0.4 is 10.1 Å². The van der Waals surface area contributed by atoms with Crippen molar-refractivity contribution in [3.8, 4) is 5.75 Å². The van der Waals surface area contributed by atoms with E-state index in [1.54, 1.807) is 25.1 Å². The molecule has 3 heterocycles. The Morgan fingerprint density at radius 3 is 2.56 bits per heavy atom. The molecule has 4 atom stereocenters. The van der Waals surface area contributed by atoms with Crippen molar-refractivity contribution >= 4 is 29.1 Å². The van der Waals surface area contributed by atoms with Crippen LogP contribution in [0.5, 0.6) is 5.75 Å². The first-order valence-corrected chi connectivity index (χ1v) is 11.3. The predicted octanol–water partition coefficient (Wildman–Crippen LogP) is 5.32. The molecule has 3 aliphatic rings. The van der Waals surface area contributed by atoms with Crippen molar-refractivity contribution in [2.24, 2.45) is 5.92 Å². The van der Waals surface area contributed by atoms with E-state index in [1.807, 2.05) is 30.3 Å². The number of ether oxygens (including phenoxy) is 1. The first-order valence-electron chi connectivity index (χ1n) is 10.9. The Morgan fingerprint density at radius 1 is 1.06 bits per heavy atom. The highest BCUT2D eigenvalue weighted by molar-refractivity contribution is 6.30. The van der Waals surface area contributed by atoms with Crippen LogP contribution >= 0.6 is 11.6 Å². The van der Waals surface area contributed by atoms with Gasteiger partial charge in [0.1, 0.15) is 11.3 Å². The molecule has 2 amide bonds. The molecule has 8 heteroatoms. The molecular weight excluding hydrogens is 462 g/mol. The number of anilines is 1. The van der Waals surface area contributed by atoms with Crippen molar-refractivity contribution in [2.45, 2.75) is 24.4 Å². The number of nitrogens with zero attached hydrogens (tertiary/aromatic N) is 1. The maximum Gasteiger partial charge on any atom is 0.257 e. The molecule has 34 heavy (non-hydrogen) atoms. The highest BCUT2D eigenvalue weighted by atomic mass is 35.5. The molecule has 1 saturated heterocycles. The van der Waals surface area contributed by atoms with Gasteiger partial charge in [-0.05, 0) is 36.8 Å². The summed E-state index contributed by atoms with van der Waals surface area (Å²) in [4.78, 5) is 29.4. The molecule has 3 aromatic rings. The summed E-state index contributed by atoms with van der Waals surface area (Å²) in [5, 5.41) is 3.17. The highest BCUT2D eigenvalue weighted by Gasteiger charge is 2.65. The van der Waals surface area contributed by atoms with Crippen molar-refractivity contribution in [3.63, 3.8) is 0 Å². The van der Waals surface area contributed by atoms with Crippen molar-refractivity contribution < 1.29 is 23.1 Å². The molecule has 6 rings (SSSR count). The second kappa shape index (κ2) is 7.27. The average molecular weight is 481 g/mol. The number of carbonyl (C=O) groups excluding carboxylic acids is 2. The van der Waals surface area contributed by atoms with E-state index in [0.29, 0.717) is 16.3 Å². The number of amides is 2. The Balaban J connectivity index is 1.64. The zero-order chi connectivity index (χ0) is 23.8. The maximum atomic E-state index is 14.2. The van der Waals surface area contributed by atoms with Gasteiger partial charge in [0, 0.05) is 28.5 Å². The molecule has 3 aliphatic heterocycles. The van der Waals surface area contributed by atoms with Gasteiger partial charge < -0.3 is 15.0 Å². The third kappa shape index (κ3) is 2.76. The minimum absolute atomic E-state index is 0.0498. The van der Waals surface area contributed by atoms with Crippen molar-refractivity contribution in [1.82, 2.24) is 4.90 Å². The van der Waals surface area contributed by atoms with Gasteiger partial charge in [-0.3, -0.25) is 9.59 Å². The summed E-state index contributed by atoms with van der Waals surface area (Å²) >= 11 is 6.32. The lowest BCUT2D eigenvalue weighted by molar-refractivity contribution is -0.125. The molecule has 0 aromatic heterocycles. The summed E-state index contributed by atoms with van der Waals surface area (Å²) in [7, 11) is 0. The summed E-state index contributed by atoms with van der Waals surface area (Å²) < 4.78 is 34.3. The van der Waals surface area contributed by atoms with E-state index in [4.69, 9.17) is 16.3 Å². The summed E-state index contributed by atoms with van der Waals surface area (Å²) in [5.41, 5.74) is 0.0285. The fourth-order valence-corrected chi connectivity index (χ4v) is 6.06. The molecule has 1 N–H and O–H groups in total. The van der Waals surface area contributed by atoms with Gasteiger partial charge in [0.2, 0.25) is 0 Å². The SMILES string of the molecule is C[C@@]12C(=O)Nc3cc(F)c(F)cc3C(=O)N1[C@H]1c3cc(Cl)ccc3OC[C@@H]1[C@@H]2c1ccccc1. The third-order valence-corrected chi connectivity index (χ3v) is 7.55. The maximum absolute atomic E-state index is 14.2. The number of nitrogens with one attached hydrogen (secondary N) is 1. The van der Waals surface area contributed by atoms with Crippen LogP contribution in [-0.2, 0) is 4.79 Å². The number of rotatable bonds is 1. The zero-order valence-electron chi connectivity index (χ0n) is 18.0. The highest BCUT2D eigenvalue weighted by Crippen LogP contribution is 2.60. The molecule has 0 aliphatic carbocycles. The van der Waals surface area contributed by atoms with Gasteiger partial charge in [-0.15, -0.1) is 0 Å². The van der Waals surface area contributed by atoms with Crippen molar-refractivity contribution in [2.75, 3.05) is 11.9 Å². The quantitative estimate of drug-likeness (QED) is 0.513. The number of fused-ring (bicyclic) bond motifs is 6. The van der Waals surface area contributed by atoms with Crippen molar-refractivity contribution in [1.29, 1.82) is 0 Å². The summed E-state index contributed by atoms with van der Waals surface area (Å²) in [6, 6.07) is 15.8. The molecule has 0 saturated carbocycles. The lowest BCUT2D eigenvalue weighted by Crippen LogP contribution is -2.54. The smallest absolute Gasteiger partial charge is 0.257 e. The van der Waals surface area contributed by atoms with E-state index >= 15 is 0 Å². The Bertz CT molecular complexity index is 1370. The number of carbonyl (C=O) groups is 2. The molecular formula is C26H19ClF2N2O3. The standard InChI is InChI=1S/C26H19ClF2N2O3/c1-26-22(13-5-3-2-4-6-13)17-12-34-21-8-7-14(27)9-16(21)23(17)31(26)24(32)15-10-18(28)19(29)11-20(15)30-25(26)33/h2-11,17,22-23H,12H2,1H3,(H,30,33)/t17-,22+,23+,26-/m1/s1. The lowest BCUT2D eigenvalue weighted by Gasteiger charge is -2.38. The fraction of sp³-hybridized carbons (Fsp3) is 0.231. The van der Waals surface area contributed by atoms with Gasteiger partial charge in [0.25, 0.3) is 11.8 Å². The molecule has 0 radical (unpaired) electrons. The Kier molecular flexibility index (Phi) is 4.51. The van der Waals surface area contributed by atoms with Gasteiger partial charge in [-0.2, -0.15) is 0 Å². The monoisotopic (exact) mass is 480 g/mol. The van der Waals surface area contributed by atoms with Gasteiger partial charge in [0.05, 0.1) is 23.9 Å². The minimum Gasteiger partial charge on any atom is -0.493 e. The molecule has 172 valence electrons. The summed E-state index contributed by atoms with van der Waals surface area (Å²) in [6.45, 7) is 1.98.